The largest absolute Gasteiger partial charge is 0.481 e. The fourth-order valence-electron chi connectivity index (χ4n) is 2.90. The molecule has 0 aromatic rings. The van der Waals surface area contributed by atoms with Crippen LogP contribution in [0.2, 0.25) is 0 Å². The van der Waals surface area contributed by atoms with Gasteiger partial charge in [-0.05, 0) is 38.5 Å². The van der Waals surface area contributed by atoms with E-state index in [0.717, 1.165) is 0 Å². The Hall–Kier alpha value is -1.14. The van der Waals surface area contributed by atoms with Gasteiger partial charge in [0.25, 0.3) is 0 Å². The predicted molar refractivity (Wildman–Crippen MR) is 73.9 cm³/mol. The van der Waals surface area contributed by atoms with Crippen molar-refractivity contribution >= 4 is 11.9 Å². The fourth-order valence-corrected chi connectivity index (χ4v) is 2.90. The van der Waals surface area contributed by atoms with Crippen molar-refractivity contribution in [2.24, 2.45) is 23.2 Å². The van der Waals surface area contributed by atoms with Crippen LogP contribution < -0.4 is 0 Å². The van der Waals surface area contributed by atoms with E-state index in [1.807, 2.05) is 6.92 Å². The third kappa shape index (κ3) is 3.95. The van der Waals surface area contributed by atoms with Crippen LogP contribution in [0.5, 0.6) is 0 Å². The molecule has 6 heteroatoms. The molecule has 0 aliphatic carbocycles. The van der Waals surface area contributed by atoms with Gasteiger partial charge < -0.3 is 19.7 Å². The summed E-state index contributed by atoms with van der Waals surface area (Å²) in [6, 6.07) is 0. The zero-order chi connectivity index (χ0) is 15.8. The molecule has 0 radical (unpaired) electrons. The van der Waals surface area contributed by atoms with Crippen LogP contribution in [0.25, 0.3) is 0 Å². The van der Waals surface area contributed by atoms with Gasteiger partial charge in [-0.2, -0.15) is 0 Å². The highest BCUT2D eigenvalue weighted by molar-refractivity contribution is 5.74. The van der Waals surface area contributed by atoms with E-state index in [-0.39, 0.29) is 24.0 Å². The lowest BCUT2D eigenvalue weighted by Gasteiger charge is -2.37. The van der Waals surface area contributed by atoms with Gasteiger partial charge in [-0.3, -0.25) is 9.59 Å². The van der Waals surface area contributed by atoms with Crippen LogP contribution in [0.4, 0.5) is 0 Å². The maximum Gasteiger partial charge on any atom is 0.309 e. The first-order valence-electron chi connectivity index (χ1n) is 7.43. The molecule has 2 N–H and O–H groups in total. The number of carboxylic acids is 2. The molecule has 5 unspecified atom stereocenters. The minimum Gasteiger partial charge on any atom is -0.481 e. The number of carbonyl (C=O) groups is 2. The highest BCUT2D eigenvalue weighted by Crippen LogP contribution is 2.42. The second-order valence-electron chi connectivity index (χ2n) is 6.81. The molecule has 0 aromatic carbocycles. The topological polar surface area (TPSA) is 99.7 Å². The van der Waals surface area contributed by atoms with Crippen molar-refractivity contribution in [2.45, 2.75) is 45.8 Å². The molecular weight excluding hydrogens is 276 g/mol. The van der Waals surface area contributed by atoms with E-state index >= 15 is 0 Å². The summed E-state index contributed by atoms with van der Waals surface area (Å²) < 4.78 is 10.4. The Balaban J connectivity index is 2.17. The number of epoxide rings is 2. The van der Waals surface area contributed by atoms with Crippen LogP contribution in [-0.4, -0.2) is 47.6 Å². The summed E-state index contributed by atoms with van der Waals surface area (Å²) >= 11 is 0. The van der Waals surface area contributed by atoms with Crippen molar-refractivity contribution in [3.63, 3.8) is 0 Å². The fraction of sp³-hybridized carbons (Fsp3) is 0.867. The lowest BCUT2D eigenvalue weighted by molar-refractivity contribution is -0.155. The molecule has 0 saturated carbocycles. The van der Waals surface area contributed by atoms with Gasteiger partial charge in [-0.1, -0.05) is 6.92 Å². The Morgan fingerprint density at radius 2 is 1.62 bits per heavy atom. The van der Waals surface area contributed by atoms with Crippen LogP contribution >= 0.6 is 0 Å². The van der Waals surface area contributed by atoms with Crippen LogP contribution in [0.1, 0.15) is 33.6 Å². The zero-order valence-corrected chi connectivity index (χ0v) is 12.7. The van der Waals surface area contributed by atoms with E-state index in [4.69, 9.17) is 9.47 Å². The highest BCUT2D eigenvalue weighted by atomic mass is 16.6. The molecule has 0 bridgehead atoms. The smallest absolute Gasteiger partial charge is 0.309 e. The molecule has 0 spiro atoms. The molecule has 120 valence electrons. The second-order valence-corrected chi connectivity index (χ2v) is 6.81. The molecule has 5 atom stereocenters. The molecule has 2 fully saturated rings. The van der Waals surface area contributed by atoms with Gasteiger partial charge in [-0.25, -0.2) is 0 Å². The Morgan fingerprint density at radius 3 is 2.00 bits per heavy atom. The number of hydrogen-bond donors (Lipinski definition) is 2. The SMILES string of the molecule is CC(C(CC1CO1)C(CC1CO1)C(=O)O)C(C)(C)C(=O)O. The van der Waals surface area contributed by atoms with E-state index < -0.39 is 23.3 Å². The minimum absolute atomic E-state index is 0.00821. The molecule has 2 aliphatic heterocycles. The van der Waals surface area contributed by atoms with Crippen molar-refractivity contribution in [3.8, 4) is 0 Å². The summed E-state index contributed by atoms with van der Waals surface area (Å²) in [5.41, 5.74) is -0.975. The normalized spacial score (nSPS) is 28.5. The Labute approximate surface area is 124 Å². The quantitative estimate of drug-likeness (QED) is 0.628. The summed E-state index contributed by atoms with van der Waals surface area (Å²) in [4.78, 5) is 23.2. The standard InChI is InChI=1S/C15H24O6/c1-8(15(2,3)14(18)19)11(4-9-6-20-9)12(13(16)17)5-10-7-21-10/h8-12H,4-7H2,1-3H3,(H,16,17)(H,18,19). The molecule has 6 nitrogen and oxygen atoms in total. The Morgan fingerprint density at radius 1 is 1.14 bits per heavy atom. The second kappa shape index (κ2) is 5.93. The molecular formula is C15H24O6. The first-order valence-corrected chi connectivity index (χ1v) is 7.43. The van der Waals surface area contributed by atoms with Crippen molar-refractivity contribution in [2.75, 3.05) is 13.2 Å². The van der Waals surface area contributed by atoms with E-state index in [1.54, 1.807) is 13.8 Å². The molecule has 0 aromatic heterocycles. The summed E-state index contributed by atoms with van der Waals surface area (Å²) in [5.74, 6) is -2.85. The van der Waals surface area contributed by atoms with Crippen molar-refractivity contribution in [1.29, 1.82) is 0 Å². The minimum atomic E-state index is -0.975. The number of hydrogen-bond acceptors (Lipinski definition) is 4. The van der Waals surface area contributed by atoms with Crippen LogP contribution in [0.15, 0.2) is 0 Å². The monoisotopic (exact) mass is 300 g/mol. The molecule has 2 saturated heterocycles. The van der Waals surface area contributed by atoms with Gasteiger partial charge in [0.2, 0.25) is 0 Å². The first-order chi connectivity index (χ1) is 9.73. The summed E-state index contributed by atoms with van der Waals surface area (Å²) in [7, 11) is 0. The number of carboxylic acid groups (broad SMARTS) is 2. The molecule has 2 rings (SSSR count). The maximum atomic E-state index is 11.7. The van der Waals surface area contributed by atoms with Gasteiger partial charge >= 0.3 is 11.9 Å². The third-order valence-corrected chi connectivity index (χ3v) is 5.02. The van der Waals surface area contributed by atoms with Gasteiger partial charge in [-0.15, -0.1) is 0 Å². The summed E-state index contributed by atoms with van der Waals surface area (Å²) in [6.07, 6.45) is 1.13. The lowest BCUT2D eigenvalue weighted by Crippen LogP contribution is -2.41. The van der Waals surface area contributed by atoms with Crippen molar-refractivity contribution in [3.05, 3.63) is 0 Å². The van der Waals surface area contributed by atoms with Crippen LogP contribution in [0.3, 0.4) is 0 Å². The molecule has 0 amide bonds. The van der Waals surface area contributed by atoms with Crippen LogP contribution in [0, 0.1) is 23.2 Å². The van der Waals surface area contributed by atoms with E-state index in [2.05, 4.69) is 0 Å². The van der Waals surface area contributed by atoms with E-state index in [0.29, 0.717) is 26.1 Å². The molecule has 2 heterocycles. The van der Waals surface area contributed by atoms with Crippen LogP contribution in [-0.2, 0) is 19.1 Å². The highest BCUT2D eigenvalue weighted by Gasteiger charge is 2.47. The number of aliphatic carboxylic acids is 2. The predicted octanol–water partition coefficient (Wildman–Crippen LogP) is 1.63. The van der Waals surface area contributed by atoms with Gasteiger partial charge in [0.1, 0.15) is 0 Å². The summed E-state index contributed by atoms with van der Waals surface area (Å²) in [6.45, 7) is 6.40. The number of ether oxygens (including phenoxy) is 2. The average molecular weight is 300 g/mol. The zero-order valence-electron chi connectivity index (χ0n) is 12.7. The van der Waals surface area contributed by atoms with Crippen molar-refractivity contribution < 1.29 is 29.3 Å². The lowest BCUT2D eigenvalue weighted by atomic mass is 9.66. The van der Waals surface area contributed by atoms with Gasteiger partial charge in [0.15, 0.2) is 0 Å². The molecule has 2 aliphatic rings. The van der Waals surface area contributed by atoms with E-state index in [1.165, 1.54) is 0 Å². The third-order valence-electron chi connectivity index (χ3n) is 5.02. The van der Waals surface area contributed by atoms with E-state index in [9.17, 15) is 19.8 Å². The number of rotatable bonds is 9. The van der Waals surface area contributed by atoms with Gasteiger partial charge in [0, 0.05) is 0 Å². The molecule has 21 heavy (non-hydrogen) atoms. The van der Waals surface area contributed by atoms with Crippen molar-refractivity contribution in [1.82, 2.24) is 0 Å². The Kier molecular flexibility index (Phi) is 4.58. The maximum absolute atomic E-state index is 11.7. The average Bonchev–Trinajstić information content (AvgIpc) is 3.26. The Bertz CT molecular complexity index is 410. The first kappa shape index (κ1) is 16.2. The summed E-state index contributed by atoms with van der Waals surface area (Å²) in [5, 5.41) is 19.0. The van der Waals surface area contributed by atoms with Gasteiger partial charge in [0.05, 0.1) is 36.8 Å².